The average molecular weight is 281 g/mol. The van der Waals surface area contributed by atoms with Crippen molar-refractivity contribution in [2.24, 2.45) is 28.1 Å². The van der Waals surface area contributed by atoms with Gasteiger partial charge in [0, 0.05) is 24.9 Å². The molecule has 1 saturated carbocycles. The first-order chi connectivity index (χ1) is 9.45. The van der Waals surface area contributed by atoms with Crippen LogP contribution in [0.4, 0.5) is 0 Å². The zero-order chi connectivity index (χ0) is 14.8. The molecule has 0 aromatic rings. The van der Waals surface area contributed by atoms with Gasteiger partial charge in [-0.15, -0.1) is 0 Å². The predicted octanol–water partition coefficient (Wildman–Crippen LogP) is 2.19. The standard InChI is InChI=1S/C15H27N3O2/c1-15(2)8-4-3-7-12(15)14(19)18-9-5-6-11(10-18)13(16)17-20/h11-12,20H,3-10H2,1-2H3,(H2,16,17). The molecule has 1 aliphatic carbocycles. The number of rotatable bonds is 2. The number of likely N-dealkylation sites (tertiary alicyclic amines) is 1. The van der Waals surface area contributed by atoms with Gasteiger partial charge in [0.2, 0.25) is 5.91 Å². The molecule has 0 bridgehead atoms. The van der Waals surface area contributed by atoms with Crippen LogP contribution in [0.2, 0.25) is 0 Å². The van der Waals surface area contributed by atoms with Crippen molar-refractivity contribution < 1.29 is 10.0 Å². The molecule has 20 heavy (non-hydrogen) atoms. The van der Waals surface area contributed by atoms with Gasteiger partial charge in [0.1, 0.15) is 5.84 Å². The van der Waals surface area contributed by atoms with Crippen molar-refractivity contribution >= 4 is 11.7 Å². The lowest BCUT2D eigenvalue weighted by Gasteiger charge is -2.42. The summed E-state index contributed by atoms with van der Waals surface area (Å²) in [5.41, 5.74) is 5.80. The second-order valence-corrected chi connectivity index (χ2v) is 6.94. The van der Waals surface area contributed by atoms with Gasteiger partial charge in [-0.25, -0.2) is 0 Å². The predicted molar refractivity (Wildman–Crippen MR) is 78.5 cm³/mol. The quantitative estimate of drug-likeness (QED) is 0.352. The van der Waals surface area contributed by atoms with Crippen LogP contribution in [0.5, 0.6) is 0 Å². The zero-order valence-corrected chi connectivity index (χ0v) is 12.6. The summed E-state index contributed by atoms with van der Waals surface area (Å²) in [6, 6.07) is 0. The molecule has 114 valence electrons. The Hall–Kier alpha value is -1.26. The maximum absolute atomic E-state index is 12.8. The van der Waals surface area contributed by atoms with E-state index in [9.17, 15) is 4.79 Å². The molecule has 2 unspecified atom stereocenters. The highest BCUT2D eigenvalue weighted by molar-refractivity contribution is 5.84. The Kier molecular flexibility index (Phi) is 4.55. The molecule has 0 spiro atoms. The smallest absolute Gasteiger partial charge is 0.226 e. The average Bonchev–Trinajstić information content (AvgIpc) is 2.45. The summed E-state index contributed by atoms with van der Waals surface area (Å²) >= 11 is 0. The Morgan fingerprint density at radius 3 is 2.70 bits per heavy atom. The lowest BCUT2D eigenvalue weighted by molar-refractivity contribution is -0.142. The summed E-state index contributed by atoms with van der Waals surface area (Å²) in [7, 11) is 0. The van der Waals surface area contributed by atoms with Crippen LogP contribution in [0.1, 0.15) is 52.4 Å². The van der Waals surface area contributed by atoms with Crippen molar-refractivity contribution in [3.63, 3.8) is 0 Å². The van der Waals surface area contributed by atoms with E-state index < -0.39 is 0 Å². The zero-order valence-electron chi connectivity index (χ0n) is 12.6. The molecule has 3 N–H and O–H groups in total. The Bertz CT molecular complexity index is 393. The van der Waals surface area contributed by atoms with Crippen LogP contribution in [0.15, 0.2) is 5.16 Å². The van der Waals surface area contributed by atoms with Crippen molar-refractivity contribution in [1.29, 1.82) is 0 Å². The molecule has 2 atom stereocenters. The van der Waals surface area contributed by atoms with Crippen molar-refractivity contribution in [2.45, 2.75) is 52.4 Å². The van der Waals surface area contributed by atoms with Gasteiger partial charge in [-0.1, -0.05) is 31.8 Å². The Balaban J connectivity index is 2.04. The Morgan fingerprint density at radius 1 is 1.30 bits per heavy atom. The molecule has 0 aromatic carbocycles. The van der Waals surface area contributed by atoms with Crippen LogP contribution in [-0.4, -0.2) is 34.9 Å². The number of carbonyl (C=O) groups is 1. The molecule has 1 amide bonds. The summed E-state index contributed by atoms with van der Waals surface area (Å²) in [5, 5.41) is 11.9. The first kappa shape index (κ1) is 15.1. The molecule has 2 aliphatic rings. The number of nitrogens with zero attached hydrogens (tertiary/aromatic N) is 2. The van der Waals surface area contributed by atoms with Crippen molar-refractivity contribution in [3.8, 4) is 0 Å². The fourth-order valence-electron chi connectivity index (χ4n) is 3.67. The second kappa shape index (κ2) is 6.02. The highest BCUT2D eigenvalue weighted by atomic mass is 16.4. The van der Waals surface area contributed by atoms with Crippen LogP contribution in [-0.2, 0) is 4.79 Å². The first-order valence-corrected chi connectivity index (χ1v) is 7.72. The Morgan fingerprint density at radius 2 is 2.05 bits per heavy atom. The van der Waals surface area contributed by atoms with Gasteiger partial charge in [0.25, 0.3) is 0 Å². The molecule has 5 heteroatoms. The van der Waals surface area contributed by atoms with E-state index in [1.807, 2.05) is 4.90 Å². The van der Waals surface area contributed by atoms with Crippen LogP contribution < -0.4 is 5.73 Å². The maximum Gasteiger partial charge on any atom is 0.226 e. The third-order valence-electron chi connectivity index (χ3n) is 5.07. The topological polar surface area (TPSA) is 78.9 Å². The molecule has 5 nitrogen and oxygen atoms in total. The number of amidine groups is 1. The van der Waals surface area contributed by atoms with E-state index in [0.717, 1.165) is 38.6 Å². The molecule has 2 rings (SSSR count). The second-order valence-electron chi connectivity index (χ2n) is 6.94. The molecular weight excluding hydrogens is 254 g/mol. The van der Waals surface area contributed by atoms with Gasteiger partial charge >= 0.3 is 0 Å². The summed E-state index contributed by atoms with van der Waals surface area (Å²) in [4.78, 5) is 14.7. The fourth-order valence-corrected chi connectivity index (χ4v) is 3.67. The van der Waals surface area contributed by atoms with Gasteiger partial charge in [-0.05, 0) is 31.1 Å². The van der Waals surface area contributed by atoms with E-state index in [-0.39, 0.29) is 29.0 Å². The lowest BCUT2D eigenvalue weighted by Crippen LogP contribution is -2.49. The number of oxime groups is 1. The first-order valence-electron chi connectivity index (χ1n) is 7.72. The van der Waals surface area contributed by atoms with Crippen LogP contribution in [0.25, 0.3) is 0 Å². The highest BCUT2D eigenvalue weighted by Crippen LogP contribution is 2.41. The summed E-state index contributed by atoms with van der Waals surface area (Å²) in [5.74, 6) is 0.655. The van der Waals surface area contributed by atoms with E-state index >= 15 is 0 Å². The molecule has 0 aromatic heterocycles. The number of nitrogens with two attached hydrogens (primary N) is 1. The van der Waals surface area contributed by atoms with Crippen molar-refractivity contribution in [3.05, 3.63) is 0 Å². The number of carbonyl (C=O) groups excluding carboxylic acids is 1. The number of piperidine rings is 1. The van der Waals surface area contributed by atoms with Gasteiger partial charge in [0.05, 0.1) is 0 Å². The van der Waals surface area contributed by atoms with Gasteiger partial charge in [-0.2, -0.15) is 0 Å². The third kappa shape index (κ3) is 3.07. The molecule has 2 fully saturated rings. The van der Waals surface area contributed by atoms with Crippen LogP contribution in [0.3, 0.4) is 0 Å². The third-order valence-corrected chi connectivity index (χ3v) is 5.07. The largest absolute Gasteiger partial charge is 0.409 e. The SMILES string of the molecule is CC1(C)CCCCC1C(=O)N1CCCC(C(N)=NO)C1. The number of amides is 1. The minimum Gasteiger partial charge on any atom is -0.409 e. The highest BCUT2D eigenvalue weighted by Gasteiger charge is 2.40. The molecule has 1 saturated heterocycles. The normalized spacial score (nSPS) is 31.1. The van der Waals surface area contributed by atoms with Crippen molar-refractivity contribution in [2.75, 3.05) is 13.1 Å². The maximum atomic E-state index is 12.8. The van der Waals surface area contributed by atoms with E-state index in [1.165, 1.54) is 6.42 Å². The Labute approximate surface area is 121 Å². The van der Waals surface area contributed by atoms with E-state index in [4.69, 9.17) is 10.9 Å². The van der Waals surface area contributed by atoms with Crippen LogP contribution >= 0.6 is 0 Å². The number of hydrogen-bond acceptors (Lipinski definition) is 3. The molecule has 1 aliphatic heterocycles. The van der Waals surface area contributed by atoms with E-state index in [1.54, 1.807) is 0 Å². The summed E-state index contributed by atoms with van der Waals surface area (Å²) in [6.45, 7) is 5.82. The van der Waals surface area contributed by atoms with E-state index in [2.05, 4.69) is 19.0 Å². The fraction of sp³-hybridized carbons (Fsp3) is 0.867. The van der Waals surface area contributed by atoms with Crippen LogP contribution in [0, 0.1) is 17.3 Å². The molecular formula is C15H27N3O2. The van der Waals surface area contributed by atoms with Gasteiger partial charge in [0.15, 0.2) is 0 Å². The minimum atomic E-state index is 0.00408. The van der Waals surface area contributed by atoms with Crippen molar-refractivity contribution in [1.82, 2.24) is 4.90 Å². The van der Waals surface area contributed by atoms with Gasteiger partial charge in [-0.3, -0.25) is 4.79 Å². The molecule has 0 radical (unpaired) electrons. The monoisotopic (exact) mass is 281 g/mol. The minimum absolute atomic E-state index is 0.00408. The molecule has 1 heterocycles. The lowest BCUT2D eigenvalue weighted by atomic mass is 9.68. The van der Waals surface area contributed by atoms with E-state index in [0.29, 0.717) is 6.54 Å². The number of hydrogen-bond donors (Lipinski definition) is 2. The summed E-state index contributed by atoms with van der Waals surface area (Å²) in [6.07, 6.45) is 6.33. The van der Waals surface area contributed by atoms with Gasteiger partial charge < -0.3 is 15.8 Å². The summed E-state index contributed by atoms with van der Waals surface area (Å²) < 4.78 is 0.